The minimum atomic E-state index is -0.343. The second-order valence-corrected chi connectivity index (χ2v) is 6.06. The van der Waals surface area contributed by atoms with Gasteiger partial charge < -0.3 is 15.2 Å². The number of benzene rings is 1. The van der Waals surface area contributed by atoms with Crippen LogP contribution in [0.4, 0.5) is 0 Å². The minimum absolute atomic E-state index is 0.0568. The van der Waals surface area contributed by atoms with E-state index in [1.54, 1.807) is 0 Å². The van der Waals surface area contributed by atoms with Crippen LogP contribution >= 0.6 is 0 Å². The average Bonchev–Trinajstić information content (AvgIpc) is 3.24. The third-order valence-corrected chi connectivity index (χ3v) is 4.28. The molecule has 128 valence electrons. The molecule has 24 heavy (non-hydrogen) atoms. The second kappa shape index (κ2) is 7.11. The van der Waals surface area contributed by atoms with Crippen molar-refractivity contribution in [2.45, 2.75) is 39.4 Å². The molecule has 1 aromatic heterocycles. The molecule has 0 spiro atoms. The van der Waals surface area contributed by atoms with Crippen LogP contribution in [0.1, 0.15) is 40.2 Å². The van der Waals surface area contributed by atoms with Gasteiger partial charge in [-0.25, -0.2) is 0 Å². The zero-order valence-corrected chi connectivity index (χ0v) is 14.0. The van der Waals surface area contributed by atoms with Gasteiger partial charge in [0.05, 0.1) is 18.4 Å². The lowest BCUT2D eigenvalue weighted by atomic mass is 10.1. The lowest BCUT2D eigenvalue weighted by Gasteiger charge is -2.09. The zero-order chi connectivity index (χ0) is 17.1. The maximum atomic E-state index is 12.4. The van der Waals surface area contributed by atoms with E-state index in [0.29, 0.717) is 6.54 Å². The van der Waals surface area contributed by atoms with Gasteiger partial charge in [-0.3, -0.25) is 4.79 Å². The number of amides is 1. The molecule has 0 unspecified atom stereocenters. The van der Waals surface area contributed by atoms with Crippen LogP contribution in [0.15, 0.2) is 18.2 Å². The molecule has 2 N–H and O–H groups in total. The van der Waals surface area contributed by atoms with Gasteiger partial charge in [-0.05, 0) is 49.9 Å². The van der Waals surface area contributed by atoms with Crippen LogP contribution in [0.25, 0.3) is 5.69 Å². The first-order valence-corrected chi connectivity index (χ1v) is 8.13. The molecule has 1 fully saturated rings. The van der Waals surface area contributed by atoms with E-state index in [4.69, 9.17) is 4.74 Å². The summed E-state index contributed by atoms with van der Waals surface area (Å²) < 4.78 is 5.49. The molecule has 1 aromatic carbocycles. The molecule has 7 nitrogen and oxygen atoms in total. The van der Waals surface area contributed by atoms with Crippen LogP contribution in [0.3, 0.4) is 0 Å². The van der Waals surface area contributed by atoms with E-state index in [9.17, 15) is 9.90 Å². The van der Waals surface area contributed by atoms with Gasteiger partial charge in [0.2, 0.25) is 0 Å². The van der Waals surface area contributed by atoms with Crippen LogP contribution in [-0.4, -0.2) is 45.3 Å². The Morgan fingerprint density at radius 3 is 2.88 bits per heavy atom. The maximum absolute atomic E-state index is 12.4. The summed E-state index contributed by atoms with van der Waals surface area (Å²) in [4.78, 5) is 13.7. The van der Waals surface area contributed by atoms with Gasteiger partial charge in [-0.15, -0.1) is 10.2 Å². The first-order valence-electron chi connectivity index (χ1n) is 8.13. The van der Waals surface area contributed by atoms with Crippen molar-refractivity contribution < 1.29 is 14.6 Å². The summed E-state index contributed by atoms with van der Waals surface area (Å²) in [6.07, 6.45) is 2.02. The highest BCUT2D eigenvalue weighted by atomic mass is 16.5. The van der Waals surface area contributed by atoms with Crippen molar-refractivity contribution in [2.24, 2.45) is 0 Å². The summed E-state index contributed by atoms with van der Waals surface area (Å²) in [7, 11) is 0. The number of hydrogen-bond acceptors (Lipinski definition) is 5. The topological polar surface area (TPSA) is 89.3 Å². The lowest BCUT2D eigenvalue weighted by molar-refractivity contribution is 0.0851. The number of aliphatic hydroxyl groups excluding tert-OH is 1. The van der Waals surface area contributed by atoms with Crippen LogP contribution < -0.4 is 5.32 Å². The fourth-order valence-corrected chi connectivity index (χ4v) is 2.68. The van der Waals surface area contributed by atoms with Crippen molar-refractivity contribution in [1.29, 1.82) is 0 Å². The number of aryl methyl sites for hydroxylation is 2. The van der Waals surface area contributed by atoms with Crippen molar-refractivity contribution in [1.82, 2.24) is 20.3 Å². The first kappa shape index (κ1) is 16.6. The number of hydrogen-bond donors (Lipinski definition) is 2. The molecular formula is C17H22N4O3. The Balaban J connectivity index is 1.78. The summed E-state index contributed by atoms with van der Waals surface area (Å²) >= 11 is 0. The highest BCUT2D eigenvalue weighted by Crippen LogP contribution is 2.15. The number of rotatable bonds is 5. The molecular weight excluding hydrogens is 308 g/mol. The predicted octanol–water partition coefficient (Wildman–Crippen LogP) is 1.29. The van der Waals surface area contributed by atoms with Crippen LogP contribution in [0, 0.1) is 13.8 Å². The summed E-state index contributed by atoms with van der Waals surface area (Å²) in [5.41, 5.74) is 3.44. The summed E-state index contributed by atoms with van der Waals surface area (Å²) in [5.74, 6) is -0.343. The lowest BCUT2D eigenvalue weighted by Crippen LogP contribution is -2.32. The standard InChI is InChI=1S/C17H22N4O3/c1-11-5-6-13(8-12(11)2)21-19-15(10-22)16(20-21)17(23)18-9-14-4-3-7-24-14/h5-6,8,14,22H,3-4,7,9-10H2,1-2H3,(H,18,23)/t14-/m1/s1. The van der Waals surface area contributed by atoms with E-state index in [2.05, 4.69) is 15.5 Å². The maximum Gasteiger partial charge on any atom is 0.273 e. The molecule has 0 bridgehead atoms. The molecule has 2 heterocycles. The Hall–Kier alpha value is -2.25. The fraction of sp³-hybridized carbons (Fsp3) is 0.471. The number of aromatic nitrogens is 3. The highest BCUT2D eigenvalue weighted by Gasteiger charge is 2.21. The van der Waals surface area contributed by atoms with Crippen LogP contribution in [0.2, 0.25) is 0 Å². The van der Waals surface area contributed by atoms with Crippen LogP contribution in [0.5, 0.6) is 0 Å². The summed E-state index contributed by atoms with van der Waals surface area (Å²) in [6.45, 7) is 4.88. The quantitative estimate of drug-likeness (QED) is 0.862. The van der Waals surface area contributed by atoms with E-state index in [1.165, 1.54) is 10.4 Å². The third-order valence-electron chi connectivity index (χ3n) is 4.28. The Labute approximate surface area is 140 Å². The summed E-state index contributed by atoms with van der Waals surface area (Å²) in [6, 6.07) is 5.81. The molecule has 2 aromatic rings. The molecule has 1 atom stereocenters. The molecule has 1 saturated heterocycles. The van der Waals surface area contributed by atoms with Crippen molar-refractivity contribution >= 4 is 5.91 Å². The molecule has 1 aliphatic heterocycles. The largest absolute Gasteiger partial charge is 0.390 e. The number of ether oxygens (including phenoxy) is 1. The zero-order valence-electron chi connectivity index (χ0n) is 14.0. The molecule has 1 aliphatic rings. The third kappa shape index (κ3) is 3.47. The van der Waals surface area contributed by atoms with Gasteiger partial charge >= 0.3 is 0 Å². The van der Waals surface area contributed by atoms with E-state index in [-0.39, 0.29) is 30.0 Å². The van der Waals surface area contributed by atoms with Crippen LogP contribution in [-0.2, 0) is 11.3 Å². The average molecular weight is 330 g/mol. The van der Waals surface area contributed by atoms with Gasteiger partial charge in [0.15, 0.2) is 5.69 Å². The SMILES string of the molecule is Cc1ccc(-n2nc(CO)c(C(=O)NC[C@H]3CCCO3)n2)cc1C. The molecule has 1 amide bonds. The molecule has 0 saturated carbocycles. The number of carbonyl (C=O) groups is 1. The van der Waals surface area contributed by atoms with Gasteiger partial charge in [0, 0.05) is 13.2 Å². The Morgan fingerprint density at radius 2 is 2.21 bits per heavy atom. The fourth-order valence-electron chi connectivity index (χ4n) is 2.68. The smallest absolute Gasteiger partial charge is 0.273 e. The highest BCUT2D eigenvalue weighted by molar-refractivity contribution is 5.93. The Bertz CT molecular complexity index is 735. The number of nitrogens with zero attached hydrogens (tertiary/aromatic N) is 3. The second-order valence-electron chi connectivity index (χ2n) is 6.06. The van der Waals surface area contributed by atoms with Gasteiger partial charge in [0.25, 0.3) is 5.91 Å². The van der Waals surface area contributed by atoms with E-state index < -0.39 is 0 Å². The molecule has 0 radical (unpaired) electrons. The predicted molar refractivity (Wildman–Crippen MR) is 88.1 cm³/mol. The van der Waals surface area contributed by atoms with E-state index in [0.717, 1.165) is 30.7 Å². The molecule has 3 rings (SSSR count). The molecule has 0 aliphatic carbocycles. The van der Waals surface area contributed by atoms with Gasteiger partial charge in [-0.1, -0.05) is 6.07 Å². The molecule has 7 heteroatoms. The van der Waals surface area contributed by atoms with E-state index >= 15 is 0 Å². The van der Waals surface area contributed by atoms with Crippen molar-refractivity contribution in [3.63, 3.8) is 0 Å². The van der Waals surface area contributed by atoms with Gasteiger partial charge in [-0.2, -0.15) is 4.80 Å². The number of aliphatic hydroxyl groups is 1. The first-order chi connectivity index (χ1) is 11.6. The monoisotopic (exact) mass is 330 g/mol. The number of carbonyl (C=O) groups excluding carboxylic acids is 1. The normalized spacial score (nSPS) is 17.2. The van der Waals surface area contributed by atoms with Gasteiger partial charge in [0.1, 0.15) is 5.69 Å². The van der Waals surface area contributed by atoms with Crippen molar-refractivity contribution in [2.75, 3.05) is 13.2 Å². The van der Waals surface area contributed by atoms with Crippen molar-refractivity contribution in [3.05, 3.63) is 40.7 Å². The summed E-state index contributed by atoms with van der Waals surface area (Å²) in [5, 5.41) is 20.8. The minimum Gasteiger partial charge on any atom is -0.390 e. The van der Waals surface area contributed by atoms with E-state index in [1.807, 2.05) is 32.0 Å². The Morgan fingerprint density at radius 1 is 1.38 bits per heavy atom. The van der Waals surface area contributed by atoms with Crippen molar-refractivity contribution in [3.8, 4) is 5.69 Å². The number of nitrogens with one attached hydrogen (secondary N) is 1. The Kier molecular flexibility index (Phi) is 4.92.